The molecular formula is C13H19NO. The molecule has 0 aromatic carbocycles. The van der Waals surface area contributed by atoms with Crippen LogP contribution in [0.5, 0.6) is 0 Å². The van der Waals surface area contributed by atoms with Crippen LogP contribution in [-0.2, 0) is 6.42 Å². The summed E-state index contributed by atoms with van der Waals surface area (Å²) in [5, 5.41) is 10.1. The molecule has 2 aliphatic rings. The minimum absolute atomic E-state index is 0.247. The monoisotopic (exact) mass is 205 g/mol. The van der Waals surface area contributed by atoms with E-state index in [0.29, 0.717) is 0 Å². The molecule has 1 saturated carbocycles. The summed E-state index contributed by atoms with van der Waals surface area (Å²) in [4.78, 5) is 0. The van der Waals surface area contributed by atoms with E-state index in [4.69, 9.17) is 0 Å². The first kappa shape index (κ1) is 9.46. The fourth-order valence-electron chi connectivity index (χ4n) is 2.85. The fourth-order valence-corrected chi connectivity index (χ4v) is 2.85. The van der Waals surface area contributed by atoms with Gasteiger partial charge in [0.25, 0.3) is 0 Å². The summed E-state index contributed by atoms with van der Waals surface area (Å²) >= 11 is 0. The summed E-state index contributed by atoms with van der Waals surface area (Å²) in [6, 6.07) is 2.85. The number of nitrogens with zero attached hydrogens (tertiary/aromatic N) is 1. The lowest BCUT2D eigenvalue weighted by molar-refractivity contribution is 0.0979. The zero-order valence-corrected chi connectivity index (χ0v) is 9.53. The molecule has 2 nitrogen and oxygen atoms in total. The Labute approximate surface area is 90.9 Å². The first-order valence-electron chi connectivity index (χ1n) is 5.94. The van der Waals surface area contributed by atoms with E-state index in [2.05, 4.69) is 30.7 Å². The van der Waals surface area contributed by atoms with Gasteiger partial charge in [0.1, 0.15) is 0 Å². The van der Waals surface area contributed by atoms with Gasteiger partial charge in [-0.15, -0.1) is 0 Å². The van der Waals surface area contributed by atoms with Crippen LogP contribution < -0.4 is 0 Å². The van der Waals surface area contributed by atoms with Crippen LogP contribution in [0.3, 0.4) is 0 Å². The van der Waals surface area contributed by atoms with Crippen molar-refractivity contribution in [3.05, 3.63) is 23.5 Å². The predicted molar refractivity (Wildman–Crippen MR) is 59.8 cm³/mol. The molecule has 0 spiro atoms. The molecule has 0 amide bonds. The van der Waals surface area contributed by atoms with E-state index in [1.165, 1.54) is 24.1 Å². The third-order valence-electron chi connectivity index (χ3n) is 3.75. The summed E-state index contributed by atoms with van der Waals surface area (Å²) in [6.07, 6.45) is 6.57. The molecule has 82 valence electrons. The molecule has 0 saturated heterocycles. The van der Waals surface area contributed by atoms with Crippen LogP contribution in [0.25, 0.3) is 0 Å². The number of rotatable bonds is 1. The van der Waals surface area contributed by atoms with Gasteiger partial charge in [0.2, 0.25) is 0 Å². The van der Waals surface area contributed by atoms with Gasteiger partial charge in [0.05, 0.1) is 6.10 Å². The van der Waals surface area contributed by atoms with Gasteiger partial charge in [-0.3, -0.25) is 0 Å². The quantitative estimate of drug-likeness (QED) is 0.749. The molecule has 1 atom stereocenters. The standard InChI is InChI=1S/C13H19NO/c1-13(2)7-11-10(12(15)8-13)5-6-14(11)9-3-4-9/h5-6,9,12,15H,3-4,7-8H2,1-2H3. The number of aliphatic hydroxyl groups excluding tert-OH is 1. The molecule has 0 aliphatic heterocycles. The molecule has 1 heterocycles. The molecule has 15 heavy (non-hydrogen) atoms. The molecule has 3 rings (SSSR count). The average molecular weight is 205 g/mol. The largest absolute Gasteiger partial charge is 0.388 e. The van der Waals surface area contributed by atoms with Crippen LogP contribution in [0.15, 0.2) is 12.3 Å². The molecule has 2 heteroatoms. The zero-order chi connectivity index (χ0) is 10.6. The van der Waals surface area contributed by atoms with E-state index in [0.717, 1.165) is 18.9 Å². The molecular weight excluding hydrogens is 186 g/mol. The second-order valence-corrected chi connectivity index (χ2v) is 5.92. The Morgan fingerprint density at radius 2 is 2.13 bits per heavy atom. The fraction of sp³-hybridized carbons (Fsp3) is 0.692. The lowest BCUT2D eigenvalue weighted by Gasteiger charge is -2.34. The van der Waals surface area contributed by atoms with Crippen LogP contribution in [0.4, 0.5) is 0 Å². The number of aliphatic hydroxyl groups is 1. The molecule has 1 aromatic rings. The highest BCUT2D eigenvalue weighted by Crippen LogP contribution is 2.45. The van der Waals surface area contributed by atoms with Crippen molar-refractivity contribution in [1.29, 1.82) is 0 Å². The van der Waals surface area contributed by atoms with Gasteiger partial charge >= 0.3 is 0 Å². The molecule has 1 fully saturated rings. The zero-order valence-electron chi connectivity index (χ0n) is 9.53. The topological polar surface area (TPSA) is 25.2 Å². The van der Waals surface area contributed by atoms with Crippen LogP contribution in [-0.4, -0.2) is 9.67 Å². The summed E-state index contributed by atoms with van der Waals surface area (Å²) in [5.41, 5.74) is 2.82. The minimum atomic E-state index is -0.247. The van der Waals surface area contributed by atoms with E-state index < -0.39 is 0 Å². The molecule has 0 bridgehead atoms. The van der Waals surface area contributed by atoms with Crippen molar-refractivity contribution >= 4 is 0 Å². The predicted octanol–water partition coefficient (Wildman–Crippen LogP) is 2.83. The van der Waals surface area contributed by atoms with Crippen LogP contribution in [0.2, 0.25) is 0 Å². The number of fused-ring (bicyclic) bond motifs is 1. The Kier molecular flexibility index (Phi) is 1.82. The second kappa shape index (κ2) is 2.88. The molecule has 1 N–H and O–H groups in total. The van der Waals surface area contributed by atoms with E-state index in [1.807, 2.05) is 0 Å². The van der Waals surface area contributed by atoms with Crippen molar-refractivity contribution in [1.82, 2.24) is 4.57 Å². The number of aromatic nitrogens is 1. The Bertz CT molecular complexity index is 374. The van der Waals surface area contributed by atoms with Crippen molar-refractivity contribution in [3.8, 4) is 0 Å². The Balaban J connectivity index is 2.04. The molecule has 2 aliphatic carbocycles. The minimum Gasteiger partial charge on any atom is -0.388 e. The summed E-state index contributed by atoms with van der Waals surface area (Å²) in [6.45, 7) is 4.51. The van der Waals surface area contributed by atoms with Crippen molar-refractivity contribution < 1.29 is 5.11 Å². The second-order valence-electron chi connectivity index (χ2n) is 5.92. The van der Waals surface area contributed by atoms with Gasteiger partial charge < -0.3 is 9.67 Å². The third kappa shape index (κ3) is 1.51. The summed E-state index contributed by atoms with van der Waals surface area (Å²) in [7, 11) is 0. The summed E-state index contributed by atoms with van der Waals surface area (Å²) in [5.74, 6) is 0. The molecule has 0 radical (unpaired) electrons. The van der Waals surface area contributed by atoms with Crippen molar-refractivity contribution in [3.63, 3.8) is 0 Å². The van der Waals surface area contributed by atoms with Crippen molar-refractivity contribution in [2.45, 2.75) is 51.7 Å². The van der Waals surface area contributed by atoms with Gasteiger partial charge in [-0.25, -0.2) is 0 Å². The average Bonchev–Trinajstić information content (AvgIpc) is 2.86. The summed E-state index contributed by atoms with van der Waals surface area (Å²) < 4.78 is 2.40. The van der Waals surface area contributed by atoms with Crippen LogP contribution in [0, 0.1) is 5.41 Å². The highest BCUT2D eigenvalue weighted by molar-refractivity contribution is 5.30. The van der Waals surface area contributed by atoms with Gasteiger partial charge in [0, 0.05) is 23.5 Å². The Morgan fingerprint density at radius 1 is 1.40 bits per heavy atom. The van der Waals surface area contributed by atoms with Crippen molar-refractivity contribution in [2.75, 3.05) is 0 Å². The first-order valence-corrected chi connectivity index (χ1v) is 5.94. The van der Waals surface area contributed by atoms with Crippen LogP contribution in [0.1, 0.15) is 56.5 Å². The SMILES string of the molecule is CC1(C)Cc2c(ccn2C2CC2)C(O)C1. The van der Waals surface area contributed by atoms with Gasteiger partial charge in [0.15, 0.2) is 0 Å². The highest BCUT2D eigenvalue weighted by atomic mass is 16.3. The van der Waals surface area contributed by atoms with Crippen LogP contribution >= 0.6 is 0 Å². The lowest BCUT2D eigenvalue weighted by atomic mass is 9.75. The Hall–Kier alpha value is -0.760. The van der Waals surface area contributed by atoms with E-state index in [1.54, 1.807) is 0 Å². The van der Waals surface area contributed by atoms with Gasteiger partial charge in [-0.2, -0.15) is 0 Å². The first-order chi connectivity index (χ1) is 7.07. The van der Waals surface area contributed by atoms with E-state index in [9.17, 15) is 5.11 Å². The lowest BCUT2D eigenvalue weighted by Crippen LogP contribution is -2.26. The van der Waals surface area contributed by atoms with E-state index in [-0.39, 0.29) is 11.5 Å². The van der Waals surface area contributed by atoms with Gasteiger partial charge in [-0.05, 0) is 37.2 Å². The normalized spacial score (nSPS) is 28.9. The Morgan fingerprint density at radius 3 is 2.80 bits per heavy atom. The smallest absolute Gasteiger partial charge is 0.0812 e. The number of hydrogen-bond donors (Lipinski definition) is 1. The maximum atomic E-state index is 10.1. The maximum Gasteiger partial charge on any atom is 0.0812 e. The molecule has 1 aromatic heterocycles. The van der Waals surface area contributed by atoms with Gasteiger partial charge in [-0.1, -0.05) is 13.8 Å². The molecule has 1 unspecified atom stereocenters. The van der Waals surface area contributed by atoms with E-state index >= 15 is 0 Å². The third-order valence-corrected chi connectivity index (χ3v) is 3.75. The maximum absolute atomic E-state index is 10.1. The van der Waals surface area contributed by atoms with Crippen molar-refractivity contribution in [2.24, 2.45) is 5.41 Å². The highest BCUT2D eigenvalue weighted by Gasteiger charge is 2.36. The number of hydrogen-bond acceptors (Lipinski definition) is 1.